The molecule has 4 rings (SSSR count). The van der Waals surface area contributed by atoms with Gasteiger partial charge in [-0.1, -0.05) is 63.0 Å². The Morgan fingerprint density at radius 1 is 1.17 bits per heavy atom. The van der Waals surface area contributed by atoms with Crippen LogP contribution in [0.4, 0.5) is 5.69 Å². The molecule has 30 heavy (non-hydrogen) atoms. The molecule has 1 N–H and O–H groups in total. The highest BCUT2D eigenvalue weighted by Crippen LogP contribution is 2.25. The smallest absolute Gasteiger partial charge is 0.277 e. The van der Waals surface area contributed by atoms with Crippen LogP contribution in [0.3, 0.4) is 0 Å². The molecule has 4 aromatic rings. The van der Waals surface area contributed by atoms with Crippen molar-refractivity contribution in [2.75, 3.05) is 5.32 Å². The molecule has 0 aliphatic heterocycles. The van der Waals surface area contributed by atoms with E-state index in [0.29, 0.717) is 28.7 Å². The number of halogens is 2. The number of nitrogens with zero attached hydrogens (tertiary/aromatic N) is 3. The highest BCUT2D eigenvalue weighted by molar-refractivity contribution is 9.10. The molecule has 0 spiro atoms. The fraction of sp³-hybridized carbons (Fsp3) is 0.136. The van der Waals surface area contributed by atoms with Gasteiger partial charge < -0.3 is 9.84 Å². The highest BCUT2D eigenvalue weighted by Gasteiger charge is 2.19. The van der Waals surface area contributed by atoms with E-state index in [9.17, 15) is 4.79 Å². The van der Waals surface area contributed by atoms with Crippen LogP contribution in [0.5, 0.6) is 0 Å². The normalized spacial score (nSPS) is 10.9. The summed E-state index contributed by atoms with van der Waals surface area (Å²) < 4.78 is 8.13. The third-order valence-electron chi connectivity index (χ3n) is 4.77. The minimum atomic E-state index is -0.356. The standard InChI is InChI=1S/C22H18BrClN4O2/c1-13-21(14(2)28(26-13)12-16-5-3-4-6-18(16)24)25-22(29)19-11-20(30-27-19)15-7-9-17(23)10-8-15/h3-11H,12H2,1-2H3,(H,25,29). The van der Waals surface area contributed by atoms with Gasteiger partial charge in [0.25, 0.3) is 5.91 Å². The van der Waals surface area contributed by atoms with Crippen LogP contribution in [-0.2, 0) is 6.54 Å². The number of nitrogens with one attached hydrogen (secondary N) is 1. The molecule has 0 saturated heterocycles. The van der Waals surface area contributed by atoms with Gasteiger partial charge in [-0.25, -0.2) is 0 Å². The van der Waals surface area contributed by atoms with Crippen LogP contribution in [0.25, 0.3) is 11.3 Å². The number of benzene rings is 2. The minimum absolute atomic E-state index is 0.200. The molecule has 0 atom stereocenters. The van der Waals surface area contributed by atoms with Crippen molar-refractivity contribution in [3.8, 4) is 11.3 Å². The summed E-state index contributed by atoms with van der Waals surface area (Å²) in [4.78, 5) is 12.7. The Morgan fingerprint density at radius 3 is 2.63 bits per heavy atom. The average molecular weight is 486 g/mol. The molecule has 6 nitrogen and oxygen atoms in total. The van der Waals surface area contributed by atoms with Crippen LogP contribution >= 0.6 is 27.5 Å². The first-order chi connectivity index (χ1) is 14.4. The number of hydrogen-bond acceptors (Lipinski definition) is 4. The van der Waals surface area contributed by atoms with Gasteiger partial charge in [0, 0.05) is 21.1 Å². The number of aromatic nitrogens is 3. The summed E-state index contributed by atoms with van der Waals surface area (Å²) in [5.74, 6) is 0.168. The molecule has 0 fully saturated rings. The molecule has 152 valence electrons. The summed E-state index contributed by atoms with van der Waals surface area (Å²) in [5.41, 5.74) is 4.19. The van der Waals surface area contributed by atoms with Gasteiger partial charge in [-0.05, 0) is 37.6 Å². The van der Waals surface area contributed by atoms with E-state index < -0.39 is 0 Å². The predicted octanol–water partition coefficient (Wildman–Crippen LogP) is 5.87. The summed E-state index contributed by atoms with van der Waals surface area (Å²) in [6.07, 6.45) is 0. The van der Waals surface area contributed by atoms with E-state index in [-0.39, 0.29) is 11.6 Å². The quantitative estimate of drug-likeness (QED) is 0.383. The zero-order valence-corrected chi connectivity index (χ0v) is 18.7. The van der Waals surface area contributed by atoms with E-state index in [4.69, 9.17) is 16.1 Å². The summed E-state index contributed by atoms with van der Waals surface area (Å²) >= 11 is 9.66. The Kier molecular flexibility index (Phi) is 5.74. The van der Waals surface area contributed by atoms with Crippen molar-refractivity contribution in [2.24, 2.45) is 0 Å². The van der Waals surface area contributed by atoms with Crippen molar-refractivity contribution in [3.63, 3.8) is 0 Å². The van der Waals surface area contributed by atoms with Gasteiger partial charge in [0.1, 0.15) is 0 Å². The lowest BCUT2D eigenvalue weighted by Gasteiger charge is -2.07. The van der Waals surface area contributed by atoms with Crippen molar-refractivity contribution < 1.29 is 9.32 Å². The number of amides is 1. The lowest BCUT2D eigenvalue weighted by molar-refractivity contribution is 0.101. The summed E-state index contributed by atoms with van der Waals surface area (Å²) in [7, 11) is 0. The van der Waals surface area contributed by atoms with Crippen LogP contribution in [0.15, 0.2) is 63.6 Å². The molecule has 0 bridgehead atoms. The fourth-order valence-corrected chi connectivity index (χ4v) is 3.59. The Labute approximate surface area is 187 Å². The Hall–Kier alpha value is -2.90. The minimum Gasteiger partial charge on any atom is -0.355 e. The Bertz CT molecular complexity index is 1210. The van der Waals surface area contributed by atoms with Crippen LogP contribution in [0.2, 0.25) is 5.02 Å². The highest BCUT2D eigenvalue weighted by atomic mass is 79.9. The fourth-order valence-electron chi connectivity index (χ4n) is 3.13. The van der Waals surface area contributed by atoms with Gasteiger partial charge in [0.05, 0.1) is 23.6 Å². The molecule has 8 heteroatoms. The van der Waals surface area contributed by atoms with Crippen LogP contribution in [-0.4, -0.2) is 20.8 Å². The van der Waals surface area contributed by atoms with Gasteiger partial charge >= 0.3 is 0 Å². The van der Waals surface area contributed by atoms with E-state index in [0.717, 1.165) is 21.3 Å². The molecule has 2 aromatic carbocycles. The van der Waals surface area contributed by atoms with Gasteiger partial charge in [-0.3, -0.25) is 9.48 Å². The molecular formula is C22H18BrClN4O2. The zero-order chi connectivity index (χ0) is 21.3. The second-order valence-electron chi connectivity index (χ2n) is 6.83. The van der Waals surface area contributed by atoms with Gasteiger partial charge in [-0.15, -0.1) is 0 Å². The molecule has 0 unspecified atom stereocenters. The first-order valence-electron chi connectivity index (χ1n) is 9.24. The maximum atomic E-state index is 12.7. The summed E-state index contributed by atoms with van der Waals surface area (Å²) in [6.45, 7) is 4.27. The zero-order valence-electron chi connectivity index (χ0n) is 16.3. The average Bonchev–Trinajstić information content (AvgIpc) is 3.32. The van der Waals surface area contributed by atoms with E-state index in [1.165, 1.54) is 0 Å². The number of anilines is 1. The van der Waals surface area contributed by atoms with Crippen molar-refractivity contribution in [3.05, 3.63) is 86.7 Å². The molecular weight excluding hydrogens is 468 g/mol. The number of carbonyl (C=O) groups is 1. The van der Waals surface area contributed by atoms with Gasteiger partial charge in [0.2, 0.25) is 0 Å². The van der Waals surface area contributed by atoms with Crippen LogP contribution < -0.4 is 5.32 Å². The monoisotopic (exact) mass is 484 g/mol. The molecule has 0 aliphatic carbocycles. The van der Waals surface area contributed by atoms with Crippen LogP contribution in [0.1, 0.15) is 27.4 Å². The van der Waals surface area contributed by atoms with E-state index in [1.807, 2.05) is 67.1 Å². The Morgan fingerprint density at radius 2 is 1.90 bits per heavy atom. The maximum absolute atomic E-state index is 12.7. The number of aryl methyl sites for hydroxylation is 1. The molecule has 2 aromatic heterocycles. The van der Waals surface area contributed by atoms with E-state index in [1.54, 1.807) is 6.07 Å². The predicted molar refractivity (Wildman–Crippen MR) is 120 cm³/mol. The summed E-state index contributed by atoms with van der Waals surface area (Å²) in [5, 5.41) is 12.0. The van der Waals surface area contributed by atoms with E-state index >= 15 is 0 Å². The molecule has 2 heterocycles. The second kappa shape index (κ2) is 8.45. The largest absolute Gasteiger partial charge is 0.355 e. The lowest BCUT2D eigenvalue weighted by Crippen LogP contribution is -2.13. The van der Waals surface area contributed by atoms with Gasteiger partial charge in [0.15, 0.2) is 11.5 Å². The molecule has 0 saturated carbocycles. The third kappa shape index (κ3) is 4.17. The van der Waals surface area contributed by atoms with Crippen molar-refractivity contribution in [2.45, 2.75) is 20.4 Å². The molecule has 1 amide bonds. The number of carbonyl (C=O) groups excluding carboxylic acids is 1. The van der Waals surface area contributed by atoms with E-state index in [2.05, 4.69) is 31.5 Å². The first kappa shape index (κ1) is 20.4. The second-order valence-corrected chi connectivity index (χ2v) is 8.16. The van der Waals surface area contributed by atoms with Crippen LogP contribution in [0, 0.1) is 13.8 Å². The lowest BCUT2D eigenvalue weighted by atomic mass is 10.1. The Balaban J connectivity index is 1.53. The molecule has 0 aliphatic rings. The SMILES string of the molecule is Cc1nn(Cc2ccccc2Cl)c(C)c1NC(=O)c1cc(-c2ccc(Br)cc2)on1. The number of rotatable bonds is 5. The first-order valence-corrected chi connectivity index (χ1v) is 10.4. The summed E-state index contributed by atoms with van der Waals surface area (Å²) in [6, 6.07) is 16.8. The van der Waals surface area contributed by atoms with Crippen molar-refractivity contribution in [1.82, 2.24) is 14.9 Å². The van der Waals surface area contributed by atoms with Crippen molar-refractivity contribution >= 4 is 39.1 Å². The third-order valence-corrected chi connectivity index (χ3v) is 5.67. The topological polar surface area (TPSA) is 73.0 Å². The maximum Gasteiger partial charge on any atom is 0.277 e. The number of hydrogen-bond donors (Lipinski definition) is 1. The van der Waals surface area contributed by atoms with Crippen molar-refractivity contribution in [1.29, 1.82) is 0 Å². The molecule has 0 radical (unpaired) electrons. The van der Waals surface area contributed by atoms with Gasteiger partial charge in [-0.2, -0.15) is 5.10 Å².